The molecule has 2 heterocycles. The average molecular weight is 228 g/mol. The molecule has 90 valence electrons. The zero-order valence-corrected chi connectivity index (χ0v) is 11.1. The zero-order valence-electron chi connectivity index (χ0n) is 11.1. The van der Waals surface area contributed by atoms with Crippen molar-refractivity contribution in [3.8, 4) is 0 Å². The molecule has 0 N–H and O–H groups in total. The molecule has 2 bridgehead atoms. The quantitative estimate of drug-likeness (QED) is 0.679. The van der Waals surface area contributed by atoms with Crippen LogP contribution in [0.4, 0.5) is 0 Å². The summed E-state index contributed by atoms with van der Waals surface area (Å²) in [6.45, 7) is 8.53. The van der Waals surface area contributed by atoms with Gasteiger partial charge in [-0.2, -0.15) is 0 Å². The number of rotatable bonds is 4. The Kier molecular flexibility index (Phi) is 3.37. The predicted octanol–water partition coefficient (Wildman–Crippen LogP) is 4.89. The minimum atomic E-state index is 0.979. The van der Waals surface area contributed by atoms with Gasteiger partial charge in [0.25, 0.3) is 0 Å². The number of hydrogen-bond donors (Lipinski definition) is 0. The summed E-state index contributed by atoms with van der Waals surface area (Å²) in [5.74, 6) is 0. The van der Waals surface area contributed by atoms with Crippen molar-refractivity contribution >= 4 is 11.2 Å². The van der Waals surface area contributed by atoms with Gasteiger partial charge in [0, 0.05) is 11.1 Å². The van der Waals surface area contributed by atoms with E-state index >= 15 is 0 Å². The predicted molar refractivity (Wildman–Crippen MR) is 73.7 cm³/mol. The van der Waals surface area contributed by atoms with Gasteiger partial charge in [-0.15, -0.1) is 0 Å². The fourth-order valence-corrected chi connectivity index (χ4v) is 1.96. The summed E-state index contributed by atoms with van der Waals surface area (Å²) >= 11 is 0. The molecule has 2 aromatic rings. The van der Waals surface area contributed by atoms with Crippen molar-refractivity contribution in [3.05, 3.63) is 46.6 Å². The van der Waals surface area contributed by atoms with Crippen molar-refractivity contribution in [1.29, 1.82) is 0 Å². The molecule has 17 heavy (non-hydrogen) atoms. The first kappa shape index (κ1) is 12.0. The standard InChI is InChI=1S/C16H20O/c1-11(2)5-7-13-9-15-10-14(16(13)17-15)8-6-12(3)4/h5-6,9-10H,7-8H2,1-4H3. The van der Waals surface area contributed by atoms with Crippen LogP contribution in [0.5, 0.6) is 0 Å². The van der Waals surface area contributed by atoms with Crippen LogP contribution < -0.4 is 0 Å². The van der Waals surface area contributed by atoms with Gasteiger partial charge in [-0.05, 0) is 52.7 Å². The first-order chi connectivity index (χ1) is 8.06. The van der Waals surface area contributed by atoms with Crippen LogP contribution in [0.25, 0.3) is 11.2 Å². The maximum atomic E-state index is 5.75. The molecule has 0 aliphatic rings. The van der Waals surface area contributed by atoms with Crippen LogP contribution >= 0.6 is 0 Å². The van der Waals surface area contributed by atoms with Crippen molar-refractivity contribution in [2.24, 2.45) is 0 Å². The molecule has 0 amide bonds. The average Bonchev–Trinajstić information content (AvgIpc) is 2.82. The van der Waals surface area contributed by atoms with E-state index in [1.54, 1.807) is 0 Å². The molecule has 0 aliphatic carbocycles. The summed E-state index contributed by atoms with van der Waals surface area (Å²) in [6, 6.07) is 4.31. The zero-order chi connectivity index (χ0) is 12.4. The topological polar surface area (TPSA) is 13.1 Å². The van der Waals surface area contributed by atoms with E-state index < -0.39 is 0 Å². The largest absolute Gasteiger partial charge is 0.457 e. The highest BCUT2D eigenvalue weighted by molar-refractivity contribution is 5.71. The Morgan fingerprint density at radius 3 is 1.76 bits per heavy atom. The number of furan rings is 2. The van der Waals surface area contributed by atoms with Crippen molar-refractivity contribution in [1.82, 2.24) is 0 Å². The Bertz CT molecular complexity index is 502. The number of benzene rings is 1. The molecule has 0 saturated carbocycles. The summed E-state index contributed by atoms with van der Waals surface area (Å²) < 4.78 is 5.75. The van der Waals surface area contributed by atoms with Gasteiger partial charge in [-0.25, -0.2) is 0 Å². The van der Waals surface area contributed by atoms with Gasteiger partial charge >= 0.3 is 0 Å². The van der Waals surface area contributed by atoms with E-state index in [9.17, 15) is 0 Å². The summed E-state index contributed by atoms with van der Waals surface area (Å²) in [7, 11) is 0. The van der Waals surface area contributed by atoms with Crippen molar-refractivity contribution in [3.63, 3.8) is 0 Å². The Morgan fingerprint density at radius 2 is 1.41 bits per heavy atom. The van der Waals surface area contributed by atoms with Crippen LogP contribution in [0.2, 0.25) is 0 Å². The van der Waals surface area contributed by atoms with E-state index in [1.807, 2.05) is 0 Å². The summed E-state index contributed by atoms with van der Waals surface area (Å²) in [5.41, 5.74) is 7.45. The molecular weight excluding hydrogens is 208 g/mol. The molecule has 0 radical (unpaired) electrons. The monoisotopic (exact) mass is 228 g/mol. The summed E-state index contributed by atoms with van der Waals surface area (Å²) in [5, 5.41) is 0. The highest BCUT2D eigenvalue weighted by atomic mass is 16.3. The first-order valence-corrected chi connectivity index (χ1v) is 6.16. The highest BCUT2D eigenvalue weighted by Gasteiger charge is 2.11. The maximum Gasteiger partial charge on any atom is 0.134 e. The fourth-order valence-electron chi connectivity index (χ4n) is 1.96. The third kappa shape index (κ3) is 2.79. The summed E-state index contributed by atoms with van der Waals surface area (Å²) in [4.78, 5) is 0. The number of allylic oxidation sites excluding steroid dienone is 4. The molecule has 0 saturated heterocycles. The molecule has 2 rings (SSSR count). The lowest BCUT2D eigenvalue weighted by molar-refractivity contribution is 0.671. The fraction of sp³-hybridized carbons (Fsp3) is 0.375. The van der Waals surface area contributed by atoms with E-state index in [0.29, 0.717) is 0 Å². The van der Waals surface area contributed by atoms with Gasteiger partial charge in [-0.1, -0.05) is 23.3 Å². The molecule has 1 nitrogen and oxygen atoms in total. The molecule has 0 atom stereocenters. The third-order valence-electron chi connectivity index (χ3n) is 2.90. The van der Waals surface area contributed by atoms with E-state index in [4.69, 9.17) is 4.42 Å². The molecule has 0 spiro atoms. The van der Waals surface area contributed by atoms with Gasteiger partial charge in [0.2, 0.25) is 0 Å². The Hall–Kier alpha value is -1.50. The minimum Gasteiger partial charge on any atom is -0.457 e. The Morgan fingerprint density at radius 1 is 0.941 bits per heavy atom. The molecule has 2 aromatic heterocycles. The molecule has 0 unspecified atom stereocenters. The second-order valence-electron chi connectivity index (χ2n) is 5.14. The van der Waals surface area contributed by atoms with E-state index in [1.165, 1.54) is 22.3 Å². The van der Waals surface area contributed by atoms with Gasteiger partial charge in [-0.3, -0.25) is 0 Å². The molecular formula is C16H20O. The third-order valence-corrected chi connectivity index (χ3v) is 2.90. The Balaban J connectivity index is 2.23. The van der Waals surface area contributed by atoms with Gasteiger partial charge < -0.3 is 4.42 Å². The Labute approximate surface area is 103 Å². The van der Waals surface area contributed by atoms with Crippen LogP contribution in [-0.4, -0.2) is 0 Å². The van der Waals surface area contributed by atoms with Crippen LogP contribution in [0.3, 0.4) is 0 Å². The van der Waals surface area contributed by atoms with E-state index in [0.717, 1.165) is 24.0 Å². The number of hydrogen-bond acceptors (Lipinski definition) is 1. The smallest absolute Gasteiger partial charge is 0.134 e. The molecule has 0 aliphatic heterocycles. The molecule has 0 fully saturated rings. The molecule has 1 heteroatoms. The van der Waals surface area contributed by atoms with Crippen LogP contribution in [0.15, 0.2) is 39.8 Å². The van der Waals surface area contributed by atoms with Crippen LogP contribution in [0.1, 0.15) is 38.8 Å². The van der Waals surface area contributed by atoms with Gasteiger partial charge in [0.05, 0.1) is 0 Å². The van der Waals surface area contributed by atoms with Crippen LogP contribution in [0, 0.1) is 0 Å². The SMILES string of the molecule is CC(C)=CCc1cc2cc(CC=C(C)C)c1o2. The van der Waals surface area contributed by atoms with Gasteiger partial charge in [0.1, 0.15) is 11.2 Å². The highest BCUT2D eigenvalue weighted by Crippen LogP contribution is 2.28. The van der Waals surface area contributed by atoms with Gasteiger partial charge in [0.15, 0.2) is 0 Å². The van der Waals surface area contributed by atoms with Crippen LogP contribution in [-0.2, 0) is 12.8 Å². The first-order valence-electron chi connectivity index (χ1n) is 6.16. The maximum absolute atomic E-state index is 5.75. The molecule has 0 aromatic carbocycles. The lowest BCUT2D eigenvalue weighted by atomic mass is 10.0. The van der Waals surface area contributed by atoms with E-state index in [2.05, 4.69) is 52.0 Å². The minimum absolute atomic E-state index is 0.979. The van der Waals surface area contributed by atoms with Crippen molar-refractivity contribution in [2.45, 2.75) is 40.5 Å². The summed E-state index contributed by atoms with van der Waals surface area (Å²) in [6.07, 6.45) is 6.46. The van der Waals surface area contributed by atoms with Crippen molar-refractivity contribution < 1.29 is 4.42 Å². The normalized spacial score (nSPS) is 10.8. The lowest BCUT2D eigenvalue weighted by Crippen LogP contribution is -1.86. The second kappa shape index (κ2) is 4.79. The second-order valence-corrected chi connectivity index (χ2v) is 5.14. The van der Waals surface area contributed by atoms with E-state index in [-0.39, 0.29) is 0 Å². The number of fused-ring (bicyclic) bond motifs is 2. The van der Waals surface area contributed by atoms with Crippen molar-refractivity contribution in [2.75, 3.05) is 0 Å². The lowest BCUT2D eigenvalue weighted by Gasteiger charge is -1.98.